The minimum atomic E-state index is -4.22. The third-order valence-corrected chi connectivity index (χ3v) is 4.04. The molecule has 1 aromatic carbocycles. The van der Waals surface area contributed by atoms with Gasteiger partial charge in [0.05, 0.1) is 5.92 Å². The van der Waals surface area contributed by atoms with Crippen LogP contribution in [0.5, 0.6) is 0 Å². The molecular weight excluding hydrogens is 303 g/mol. The fourth-order valence-electron chi connectivity index (χ4n) is 2.46. The molecule has 21 heavy (non-hydrogen) atoms. The Balaban J connectivity index is 1.87. The number of hydrogen-bond acceptors (Lipinski definition) is 3. The summed E-state index contributed by atoms with van der Waals surface area (Å²) in [7, 11) is 0. The van der Waals surface area contributed by atoms with Crippen LogP contribution in [0.2, 0.25) is 5.02 Å². The fraction of sp³-hybridized carbons (Fsp3) is 0.571. The van der Waals surface area contributed by atoms with Crippen molar-refractivity contribution in [3.05, 3.63) is 29.3 Å². The number of nitrogens with two attached hydrogens (primary N) is 1. The van der Waals surface area contributed by atoms with Gasteiger partial charge in [0.15, 0.2) is 0 Å². The van der Waals surface area contributed by atoms with Crippen molar-refractivity contribution >= 4 is 17.3 Å². The van der Waals surface area contributed by atoms with E-state index in [-0.39, 0.29) is 13.1 Å². The van der Waals surface area contributed by atoms with Crippen LogP contribution in [-0.2, 0) is 0 Å². The van der Waals surface area contributed by atoms with Crippen LogP contribution in [0.1, 0.15) is 0 Å². The zero-order valence-corrected chi connectivity index (χ0v) is 12.4. The van der Waals surface area contributed by atoms with Crippen molar-refractivity contribution in [1.82, 2.24) is 4.90 Å². The topological polar surface area (TPSA) is 32.5 Å². The summed E-state index contributed by atoms with van der Waals surface area (Å²) in [6.45, 7) is 2.24. The molecule has 0 saturated carbocycles. The monoisotopic (exact) mass is 321 g/mol. The molecule has 1 saturated heterocycles. The lowest BCUT2D eigenvalue weighted by molar-refractivity contribution is -0.176. The van der Waals surface area contributed by atoms with Crippen molar-refractivity contribution in [3.63, 3.8) is 0 Å². The summed E-state index contributed by atoms with van der Waals surface area (Å²) in [5, 5.41) is 0.674. The summed E-state index contributed by atoms with van der Waals surface area (Å²) in [6, 6.07) is 7.49. The number of anilines is 1. The Labute approximate surface area is 127 Å². The number of nitrogens with zero attached hydrogens (tertiary/aromatic N) is 2. The Morgan fingerprint density at radius 3 is 2.14 bits per heavy atom. The molecule has 0 aromatic heterocycles. The van der Waals surface area contributed by atoms with E-state index in [0.717, 1.165) is 5.69 Å². The SMILES string of the molecule is NCC(CN1CCN(c2ccc(Cl)cc2)CC1)C(F)(F)F. The smallest absolute Gasteiger partial charge is 0.369 e. The number of alkyl halides is 3. The molecule has 118 valence electrons. The summed E-state index contributed by atoms with van der Waals surface area (Å²) in [5.74, 6) is -1.44. The Morgan fingerprint density at radius 1 is 1.10 bits per heavy atom. The summed E-state index contributed by atoms with van der Waals surface area (Å²) in [6.07, 6.45) is -4.22. The van der Waals surface area contributed by atoms with Gasteiger partial charge in [-0.1, -0.05) is 11.6 Å². The van der Waals surface area contributed by atoms with Gasteiger partial charge in [0.1, 0.15) is 0 Å². The minimum Gasteiger partial charge on any atom is -0.369 e. The van der Waals surface area contributed by atoms with E-state index in [0.29, 0.717) is 31.2 Å². The first-order valence-electron chi connectivity index (χ1n) is 6.90. The highest BCUT2D eigenvalue weighted by atomic mass is 35.5. The molecule has 0 spiro atoms. The summed E-state index contributed by atoms with van der Waals surface area (Å²) in [5.41, 5.74) is 6.29. The van der Waals surface area contributed by atoms with Crippen LogP contribution >= 0.6 is 11.6 Å². The van der Waals surface area contributed by atoms with E-state index in [1.165, 1.54) is 0 Å². The lowest BCUT2D eigenvalue weighted by Gasteiger charge is -2.37. The number of halogens is 4. The maximum Gasteiger partial charge on any atom is 0.394 e. The molecule has 1 fully saturated rings. The summed E-state index contributed by atoms with van der Waals surface area (Å²) >= 11 is 5.84. The van der Waals surface area contributed by atoms with Crippen molar-refractivity contribution in [2.75, 3.05) is 44.2 Å². The Hall–Kier alpha value is -0.980. The molecular formula is C14H19ClF3N3. The number of piperazine rings is 1. The van der Waals surface area contributed by atoms with Crippen LogP contribution < -0.4 is 10.6 Å². The third-order valence-electron chi connectivity index (χ3n) is 3.79. The Morgan fingerprint density at radius 2 is 1.67 bits per heavy atom. The molecule has 1 aliphatic rings. The van der Waals surface area contributed by atoms with E-state index >= 15 is 0 Å². The average Bonchev–Trinajstić information content (AvgIpc) is 2.45. The van der Waals surface area contributed by atoms with E-state index < -0.39 is 12.1 Å². The van der Waals surface area contributed by atoms with Crippen LogP contribution in [0, 0.1) is 5.92 Å². The van der Waals surface area contributed by atoms with Crippen molar-refractivity contribution in [2.45, 2.75) is 6.18 Å². The number of hydrogen-bond donors (Lipinski definition) is 1. The average molecular weight is 322 g/mol. The molecule has 0 bridgehead atoms. The molecule has 1 heterocycles. The Kier molecular flexibility index (Phi) is 5.35. The van der Waals surface area contributed by atoms with Crippen molar-refractivity contribution < 1.29 is 13.2 Å². The van der Waals surface area contributed by atoms with Gasteiger partial charge in [-0.3, -0.25) is 4.90 Å². The number of rotatable bonds is 4. The maximum atomic E-state index is 12.7. The fourth-order valence-corrected chi connectivity index (χ4v) is 2.59. The zero-order valence-electron chi connectivity index (χ0n) is 11.6. The second kappa shape index (κ2) is 6.85. The normalized spacial score (nSPS) is 18.8. The predicted octanol–water partition coefficient (Wildman–Crippen LogP) is 2.60. The molecule has 3 nitrogen and oxygen atoms in total. The number of benzene rings is 1. The molecule has 0 radical (unpaired) electrons. The van der Waals surface area contributed by atoms with Crippen molar-refractivity contribution in [3.8, 4) is 0 Å². The highest BCUT2D eigenvalue weighted by molar-refractivity contribution is 6.30. The van der Waals surface area contributed by atoms with E-state index in [2.05, 4.69) is 4.90 Å². The van der Waals surface area contributed by atoms with Gasteiger partial charge in [-0.25, -0.2) is 0 Å². The lowest BCUT2D eigenvalue weighted by atomic mass is 10.1. The third kappa shape index (κ3) is 4.49. The van der Waals surface area contributed by atoms with Crippen molar-refractivity contribution in [1.29, 1.82) is 0 Å². The second-order valence-corrected chi connectivity index (χ2v) is 5.67. The molecule has 0 aliphatic carbocycles. The zero-order chi connectivity index (χ0) is 15.5. The van der Waals surface area contributed by atoms with Gasteiger partial charge in [0.25, 0.3) is 0 Å². The van der Waals surface area contributed by atoms with Crippen LogP contribution in [0.25, 0.3) is 0 Å². The summed E-state index contributed by atoms with van der Waals surface area (Å²) in [4.78, 5) is 3.98. The van der Waals surface area contributed by atoms with E-state index in [1.54, 1.807) is 0 Å². The predicted molar refractivity (Wildman–Crippen MR) is 78.7 cm³/mol. The first-order chi connectivity index (χ1) is 9.90. The van der Waals surface area contributed by atoms with Crippen LogP contribution in [-0.4, -0.2) is 50.3 Å². The minimum absolute atomic E-state index is 0.0194. The van der Waals surface area contributed by atoms with Crippen LogP contribution in [0.15, 0.2) is 24.3 Å². The Bertz CT molecular complexity index is 442. The first-order valence-corrected chi connectivity index (χ1v) is 7.27. The van der Waals surface area contributed by atoms with Crippen LogP contribution in [0.4, 0.5) is 18.9 Å². The lowest BCUT2D eigenvalue weighted by Crippen LogP contribution is -2.50. The standard InChI is InChI=1S/C14H19ClF3N3/c15-12-1-3-13(4-2-12)21-7-5-20(6-8-21)10-11(9-19)14(16,17)18/h1-4,11H,5-10,19H2. The highest BCUT2D eigenvalue weighted by Gasteiger charge is 2.39. The molecule has 1 aromatic rings. The molecule has 0 amide bonds. The van der Waals surface area contributed by atoms with E-state index in [4.69, 9.17) is 17.3 Å². The van der Waals surface area contributed by atoms with Crippen LogP contribution in [0.3, 0.4) is 0 Å². The highest BCUT2D eigenvalue weighted by Crippen LogP contribution is 2.27. The summed E-state index contributed by atoms with van der Waals surface area (Å²) < 4.78 is 38.2. The molecule has 1 atom stereocenters. The molecule has 7 heteroatoms. The second-order valence-electron chi connectivity index (χ2n) is 5.24. The largest absolute Gasteiger partial charge is 0.394 e. The van der Waals surface area contributed by atoms with Gasteiger partial charge in [-0.05, 0) is 24.3 Å². The van der Waals surface area contributed by atoms with E-state index in [1.807, 2.05) is 29.2 Å². The van der Waals surface area contributed by atoms with Gasteiger partial charge >= 0.3 is 6.18 Å². The van der Waals surface area contributed by atoms with Gasteiger partial charge < -0.3 is 10.6 Å². The molecule has 1 unspecified atom stereocenters. The van der Waals surface area contributed by atoms with Gasteiger partial charge in [0.2, 0.25) is 0 Å². The quantitative estimate of drug-likeness (QED) is 0.925. The molecule has 2 N–H and O–H groups in total. The van der Waals surface area contributed by atoms with Crippen molar-refractivity contribution in [2.24, 2.45) is 11.7 Å². The molecule has 1 aliphatic heterocycles. The first kappa shape index (κ1) is 16.4. The maximum absolute atomic E-state index is 12.7. The van der Waals surface area contributed by atoms with Gasteiger partial charge in [0, 0.05) is 50.0 Å². The molecule has 2 rings (SSSR count). The van der Waals surface area contributed by atoms with Gasteiger partial charge in [-0.2, -0.15) is 13.2 Å². The van der Waals surface area contributed by atoms with Gasteiger partial charge in [-0.15, -0.1) is 0 Å². The van der Waals surface area contributed by atoms with E-state index in [9.17, 15) is 13.2 Å².